The molecular formula is C21H15N5O3S. The number of nitro groups is 1. The molecule has 0 amide bonds. The summed E-state index contributed by atoms with van der Waals surface area (Å²) in [4.78, 5) is 25.8. The Bertz CT molecular complexity index is 1230. The zero-order valence-corrected chi connectivity index (χ0v) is 16.5. The van der Waals surface area contributed by atoms with Gasteiger partial charge >= 0.3 is 5.00 Å². The van der Waals surface area contributed by atoms with Gasteiger partial charge in [-0.05, 0) is 31.0 Å². The molecule has 9 heteroatoms. The fraction of sp³-hybridized carbons (Fsp3) is 0.190. The minimum atomic E-state index is -0.748. The van der Waals surface area contributed by atoms with Crippen LogP contribution in [0.1, 0.15) is 35.6 Å². The van der Waals surface area contributed by atoms with Gasteiger partial charge < -0.3 is 5.73 Å². The Morgan fingerprint density at radius 2 is 1.93 bits per heavy atom. The Morgan fingerprint density at radius 3 is 2.60 bits per heavy atom. The van der Waals surface area contributed by atoms with Crippen LogP contribution in [0, 0.1) is 32.8 Å². The normalized spacial score (nSPS) is 18.7. The Labute approximate surface area is 175 Å². The molecule has 0 saturated heterocycles. The van der Waals surface area contributed by atoms with Crippen molar-refractivity contribution in [2.75, 3.05) is 4.90 Å². The second kappa shape index (κ2) is 7.47. The molecule has 2 aromatic rings. The molecular weight excluding hydrogens is 402 g/mol. The van der Waals surface area contributed by atoms with Crippen molar-refractivity contribution in [1.82, 2.24) is 0 Å². The van der Waals surface area contributed by atoms with Gasteiger partial charge in [-0.1, -0.05) is 23.5 Å². The molecule has 2 aliphatic rings. The van der Waals surface area contributed by atoms with Crippen molar-refractivity contribution >= 4 is 27.8 Å². The van der Waals surface area contributed by atoms with Gasteiger partial charge in [0.15, 0.2) is 5.78 Å². The molecule has 30 heavy (non-hydrogen) atoms. The summed E-state index contributed by atoms with van der Waals surface area (Å²) in [5.41, 5.74) is 8.53. The maximum absolute atomic E-state index is 13.0. The average Bonchev–Trinajstić information content (AvgIpc) is 3.23. The van der Waals surface area contributed by atoms with Crippen LogP contribution in [0.4, 0.5) is 10.7 Å². The lowest BCUT2D eigenvalue weighted by atomic mass is 9.78. The van der Waals surface area contributed by atoms with Gasteiger partial charge in [-0.2, -0.15) is 10.5 Å². The van der Waals surface area contributed by atoms with Crippen molar-refractivity contribution in [2.45, 2.75) is 25.2 Å². The first-order valence-electron chi connectivity index (χ1n) is 9.17. The Kier molecular flexibility index (Phi) is 4.82. The SMILES string of the molecule is N#CC1=C(N)N(c2ccccc2C#N)C2=C(C(=O)CCC2)C1c1ccc([N+](=O)[O-])s1. The quantitative estimate of drug-likeness (QED) is 0.591. The van der Waals surface area contributed by atoms with E-state index in [9.17, 15) is 25.4 Å². The van der Waals surface area contributed by atoms with Crippen molar-refractivity contribution in [3.63, 3.8) is 0 Å². The average molecular weight is 417 g/mol. The first-order valence-corrected chi connectivity index (χ1v) is 9.99. The number of allylic oxidation sites excluding steroid dienone is 3. The molecule has 8 nitrogen and oxygen atoms in total. The second-order valence-corrected chi connectivity index (χ2v) is 7.97. The van der Waals surface area contributed by atoms with Crippen molar-refractivity contribution in [2.24, 2.45) is 5.73 Å². The molecule has 2 heterocycles. The van der Waals surface area contributed by atoms with Crippen molar-refractivity contribution in [1.29, 1.82) is 10.5 Å². The van der Waals surface area contributed by atoms with E-state index in [4.69, 9.17) is 5.73 Å². The van der Waals surface area contributed by atoms with Gasteiger partial charge in [0.2, 0.25) is 0 Å². The van der Waals surface area contributed by atoms with E-state index in [1.807, 2.05) is 0 Å². The highest BCUT2D eigenvalue weighted by molar-refractivity contribution is 7.15. The Balaban J connectivity index is 1.98. The van der Waals surface area contributed by atoms with Gasteiger partial charge in [0.05, 0.1) is 33.7 Å². The highest BCUT2D eigenvalue weighted by Gasteiger charge is 2.41. The number of thiophene rings is 1. The number of carbonyl (C=O) groups excluding carboxylic acids is 1. The van der Waals surface area contributed by atoms with Crippen LogP contribution in [0.15, 0.2) is 59.1 Å². The van der Waals surface area contributed by atoms with Gasteiger partial charge in [0, 0.05) is 28.6 Å². The van der Waals surface area contributed by atoms with Crippen LogP contribution < -0.4 is 10.6 Å². The Hall–Kier alpha value is -3.95. The number of benzene rings is 1. The van der Waals surface area contributed by atoms with Gasteiger partial charge in [-0.3, -0.25) is 19.8 Å². The molecule has 0 saturated carbocycles. The van der Waals surface area contributed by atoms with E-state index >= 15 is 0 Å². The summed E-state index contributed by atoms with van der Waals surface area (Å²) < 4.78 is 0. The molecule has 1 aliphatic heterocycles. The van der Waals surface area contributed by atoms with Gasteiger partial charge in [0.25, 0.3) is 0 Å². The van der Waals surface area contributed by atoms with Crippen LogP contribution in [0.3, 0.4) is 0 Å². The topological polar surface area (TPSA) is 137 Å². The van der Waals surface area contributed by atoms with E-state index in [-0.39, 0.29) is 22.2 Å². The number of carbonyl (C=O) groups is 1. The fourth-order valence-corrected chi connectivity index (χ4v) is 4.95. The van der Waals surface area contributed by atoms with Crippen LogP contribution in [0.5, 0.6) is 0 Å². The third-order valence-electron chi connectivity index (χ3n) is 5.26. The molecule has 0 fully saturated rings. The molecule has 1 aliphatic carbocycles. The first kappa shape index (κ1) is 19.4. The molecule has 0 radical (unpaired) electrons. The smallest absolute Gasteiger partial charge is 0.324 e. The molecule has 148 valence electrons. The fourth-order valence-electron chi connectivity index (χ4n) is 4.00. The number of para-hydroxylation sites is 1. The number of hydrogen-bond donors (Lipinski definition) is 1. The van der Waals surface area contributed by atoms with E-state index in [1.165, 1.54) is 6.07 Å². The van der Waals surface area contributed by atoms with E-state index in [1.54, 1.807) is 35.2 Å². The molecule has 1 aromatic heterocycles. The summed E-state index contributed by atoms with van der Waals surface area (Å²) in [5, 5.41) is 30.6. The number of rotatable bonds is 3. The summed E-state index contributed by atoms with van der Waals surface area (Å²) in [5.74, 6) is -0.728. The number of nitrogens with two attached hydrogens (primary N) is 1. The summed E-state index contributed by atoms with van der Waals surface area (Å²) in [6.07, 6.45) is 1.49. The van der Waals surface area contributed by atoms with Crippen LogP contribution in [0.2, 0.25) is 0 Å². The lowest BCUT2D eigenvalue weighted by Crippen LogP contribution is -2.38. The standard InChI is InChI=1S/C21H15N5O3S/c22-10-12-4-1-2-5-14(12)25-15-6-3-7-16(27)20(15)19(13(11-23)21(25)24)17-8-9-18(30-17)26(28)29/h1-2,4-5,8-9,19H,3,6-7,24H2. The van der Waals surface area contributed by atoms with Crippen molar-refractivity contribution in [3.8, 4) is 12.1 Å². The van der Waals surface area contributed by atoms with Crippen LogP contribution >= 0.6 is 11.3 Å². The third kappa shape index (κ3) is 2.93. The van der Waals surface area contributed by atoms with Crippen molar-refractivity contribution < 1.29 is 9.72 Å². The monoisotopic (exact) mass is 417 g/mol. The maximum atomic E-state index is 13.0. The second-order valence-electron chi connectivity index (χ2n) is 6.88. The molecule has 0 spiro atoms. The number of ketones is 1. The number of Topliss-reactive ketones (excluding diaryl/α,β-unsaturated/α-hetero) is 1. The highest BCUT2D eigenvalue weighted by atomic mass is 32.1. The highest BCUT2D eigenvalue weighted by Crippen LogP contribution is 2.48. The van der Waals surface area contributed by atoms with E-state index in [0.717, 1.165) is 11.3 Å². The Morgan fingerprint density at radius 1 is 1.17 bits per heavy atom. The molecule has 1 aromatic carbocycles. The zero-order valence-electron chi connectivity index (χ0n) is 15.7. The van der Waals surface area contributed by atoms with E-state index in [0.29, 0.717) is 46.7 Å². The van der Waals surface area contributed by atoms with Gasteiger partial charge in [-0.15, -0.1) is 0 Å². The van der Waals surface area contributed by atoms with Crippen LogP contribution in [0.25, 0.3) is 0 Å². The predicted octanol–water partition coefficient (Wildman–Crippen LogP) is 3.83. The van der Waals surface area contributed by atoms with Crippen LogP contribution in [-0.4, -0.2) is 10.7 Å². The van der Waals surface area contributed by atoms with Gasteiger partial charge in [0.1, 0.15) is 11.9 Å². The minimum Gasteiger partial charge on any atom is -0.384 e. The number of nitriles is 2. The first-order chi connectivity index (χ1) is 14.5. The minimum absolute atomic E-state index is 0.0662. The zero-order chi connectivity index (χ0) is 21.4. The predicted molar refractivity (Wildman–Crippen MR) is 110 cm³/mol. The number of anilines is 1. The molecule has 1 unspecified atom stereocenters. The van der Waals surface area contributed by atoms with Crippen LogP contribution in [-0.2, 0) is 4.79 Å². The summed E-state index contributed by atoms with van der Waals surface area (Å²) in [6, 6.07) is 14.0. The summed E-state index contributed by atoms with van der Waals surface area (Å²) in [6.45, 7) is 0. The number of nitrogens with zero attached hydrogens (tertiary/aromatic N) is 4. The lowest BCUT2D eigenvalue weighted by molar-refractivity contribution is -0.380. The number of hydrogen-bond acceptors (Lipinski definition) is 8. The van der Waals surface area contributed by atoms with Gasteiger partial charge in [-0.25, -0.2) is 0 Å². The molecule has 0 bridgehead atoms. The third-order valence-corrected chi connectivity index (χ3v) is 6.36. The van der Waals surface area contributed by atoms with Crippen molar-refractivity contribution in [3.05, 3.63) is 79.6 Å². The molecule has 4 rings (SSSR count). The summed E-state index contributed by atoms with van der Waals surface area (Å²) in [7, 11) is 0. The van der Waals surface area contributed by atoms with E-state index in [2.05, 4.69) is 12.1 Å². The maximum Gasteiger partial charge on any atom is 0.324 e. The summed E-state index contributed by atoms with van der Waals surface area (Å²) >= 11 is 0.934. The lowest BCUT2D eigenvalue weighted by Gasteiger charge is -2.39. The van der Waals surface area contributed by atoms with E-state index < -0.39 is 10.8 Å². The molecule has 1 atom stereocenters. The largest absolute Gasteiger partial charge is 0.384 e. The molecule has 2 N–H and O–H groups in total.